The van der Waals surface area contributed by atoms with Crippen molar-refractivity contribution in [2.75, 3.05) is 19.5 Å². The first-order chi connectivity index (χ1) is 15.9. The summed E-state index contributed by atoms with van der Waals surface area (Å²) in [5.74, 6) is 0.791. The molecule has 0 bridgehead atoms. The van der Waals surface area contributed by atoms with Crippen molar-refractivity contribution in [1.29, 1.82) is 0 Å². The molecule has 2 aromatic heterocycles. The van der Waals surface area contributed by atoms with Crippen LogP contribution in [-0.2, 0) is 19.9 Å². The van der Waals surface area contributed by atoms with E-state index in [0.29, 0.717) is 35.1 Å². The van der Waals surface area contributed by atoms with E-state index in [9.17, 15) is 4.79 Å². The number of halogens is 1. The van der Waals surface area contributed by atoms with E-state index in [1.807, 2.05) is 36.9 Å². The fraction of sp³-hybridized carbons (Fsp3) is 0.250. The van der Waals surface area contributed by atoms with E-state index in [0.717, 1.165) is 33.4 Å². The number of aryl methyl sites for hydroxylation is 4. The average Bonchev–Trinajstić information content (AvgIpc) is 3.11. The molecule has 9 heteroatoms. The number of hydrogen-bond acceptors (Lipinski definition) is 6. The molecular weight excluding hydrogens is 440 g/mol. The van der Waals surface area contributed by atoms with E-state index < -0.39 is 0 Å². The van der Waals surface area contributed by atoms with E-state index in [1.54, 1.807) is 31.6 Å². The minimum Gasteiger partial charge on any atom is -0.495 e. The molecule has 0 unspecified atom stereocenters. The van der Waals surface area contributed by atoms with Crippen molar-refractivity contribution in [3.8, 4) is 5.75 Å². The fourth-order valence-electron chi connectivity index (χ4n) is 3.63. The second kappa shape index (κ2) is 9.46. The van der Waals surface area contributed by atoms with Crippen LogP contribution in [0.3, 0.4) is 0 Å². The monoisotopic (exact) mass is 464 g/mol. The number of ether oxygens (including phenoxy) is 1. The summed E-state index contributed by atoms with van der Waals surface area (Å²) in [6, 6.07) is 9.44. The molecule has 2 N–H and O–H groups in total. The molecule has 0 fully saturated rings. The van der Waals surface area contributed by atoms with Crippen LogP contribution >= 0.6 is 11.6 Å². The molecule has 0 atom stereocenters. The van der Waals surface area contributed by atoms with E-state index in [2.05, 4.69) is 25.7 Å². The number of fused-ring (bicyclic) bond motifs is 1. The molecule has 4 rings (SSSR count). The highest BCUT2D eigenvalue weighted by Crippen LogP contribution is 2.31. The zero-order valence-electron chi connectivity index (χ0n) is 18.9. The molecule has 1 amide bonds. The van der Waals surface area contributed by atoms with Crippen LogP contribution in [0.25, 0.3) is 10.9 Å². The Morgan fingerprint density at radius 3 is 2.61 bits per heavy atom. The number of rotatable bonds is 7. The topological polar surface area (TPSA) is 94.0 Å². The molecule has 0 radical (unpaired) electrons. The molecule has 2 aromatic carbocycles. The van der Waals surface area contributed by atoms with Crippen molar-refractivity contribution < 1.29 is 9.53 Å². The van der Waals surface area contributed by atoms with Crippen molar-refractivity contribution in [3.05, 3.63) is 70.1 Å². The standard InChI is InChI=1S/C24H25ClN6O2/c1-14-19-8-7-18(11-20(19)30-31(14)3)29-24-27-12-15(13-28-24)5-6-16-9-17(23(32)26-2)10-21(33-4)22(16)25/h7-13H,5-6H2,1-4H3,(H,26,32)(H,27,28,29). The van der Waals surface area contributed by atoms with E-state index in [1.165, 1.54) is 7.11 Å². The van der Waals surface area contributed by atoms with Crippen molar-refractivity contribution in [3.63, 3.8) is 0 Å². The van der Waals surface area contributed by atoms with Crippen molar-refractivity contribution in [2.45, 2.75) is 19.8 Å². The second-order valence-corrected chi connectivity index (χ2v) is 8.09. The zero-order chi connectivity index (χ0) is 23.5. The second-order valence-electron chi connectivity index (χ2n) is 7.71. The van der Waals surface area contributed by atoms with Crippen LogP contribution in [0.1, 0.15) is 27.2 Å². The number of nitrogens with zero attached hydrogens (tertiary/aromatic N) is 4. The minimum atomic E-state index is -0.191. The Morgan fingerprint density at radius 1 is 1.15 bits per heavy atom. The summed E-state index contributed by atoms with van der Waals surface area (Å²) >= 11 is 6.46. The van der Waals surface area contributed by atoms with Gasteiger partial charge in [0.05, 0.1) is 17.6 Å². The van der Waals surface area contributed by atoms with Gasteiger partial charge in [-0.25, -0.2) is 9.97 Å². The van der Waals surface area contributed by atoms with Crippen LogP contribution in [0.4, 0.5) is 11.6 Å². The lowest BCUT2D eigenvalue weighted by Crippen LogP contribution is -2.18. The van der Waals surface area contributed by atoms with Gasteiger partial charge in [0.25, 0.3) is 5.91 Å². The SMILES string of the molecule is CNC(=O)c1cc(CCc2cnc(Nc3ccc4c(C)n(C)nc4c3)nc2)c(Cl)c(OC)c1. The third-order valence-corrected chi connectivity index (χ3v) is 6.03. The minimum absolute atomic E-state index is 0.191. The highest BCUT2D eigenvalue weighted by Gasteiger charge is 2.14. The van der Waals surface area contributed by atoms with Gasteiger partial charge in [-0.1, -0.05) is 11.6 Å². The summed E-state index contributed by atoms with van der Waals surface area (Å²) in [4.78, 5) is 20.9. The Labute approximate surface area is 197 Å². The van der Waals surface area contributed by atoms with Gasteiger partial charge < -0.3 is 15.4 Å². The van der Waals surface area contributed by atoms with Crippen LogP contribution in [0.5, 0.6) is 5.75 Å². The normalized spacial score (nSPS) is 10.9. The highest BCUT2D eigenvalue weighted by molar-refractivity contribution is 6.33. The Hall–Kier alpha value is -3.65. The smallest absolute Gasteiger partial charge is 0.251 e. The molecule has 170 valence electrons. The number of aromatic nitrogens is 4. The van der Waals surface area contributed by atoms with E-state index in [-0.39, 0.29) is 5.91 Å². The zero-order valence-corrected chi connectivity index (χ0v) is 19.7. The van der Waals surface area contributed by atoms with Crippen LogP contribution in [0, 0.1) is 6.92 Å². The molecule has 0 saturated heterocycles. The van der Waals surface area contributed by atoms with Gasteiger partial charge in [0.1, 0.15) is 5.75 Å². The molecular formula is C24H25ClN6O2. The van der Waals surface area contributed by atoms with Crippen LogP contribution in [-0.4, -0.2) is 39.8 Å². The van der Waals surface area contributed by atoms with Crippen molar-refractivity contribution in [1.82, 2.24) is 25.1 Å². The maximum Gasteiger partial charge on any atom is 0.251 e. The summed E-state index contributed by atoms with van der Waals surface area (Å²) in [7, 11) is 5.05. The summed E-state index contributed by atoms with van der Waals surface area (Å²) in [6.45, 7) is 2.04. The number of anilines is 2. The molecule has 33 heavy (non-hydrogen) atoms. The molecule has 0 aliphatic rings. The predicted molar refractivity (Wildman–Crippen MR) is 130 cm³/mol. The number of carbonyl (C=O) groups is 1. The first-order valence-electron chi connectivity index (χ1n) is 10.5. The van der Waals surface area contributed by atoms with Gasteiger partial charge in [0.2, 0.25) is 5.95 Å². The molecule has 0 spiro atoms. The lowest BCUT2D eigenvalue weighted by molar-refractivity contribution is 0.0962. The van der Waals surface area contributed by atoms with Gasteiger partial charge in [-0.15, -0.1) is 0 Å². The number of benzene rings is 2. The predicted octanol–water partition coefficient (Wildman–Crippen LogP) is 4.22. The van der Waals surface area contributed by atoms with Gasteiger partial charge in [0, 0.05) is 48.8 Å². The highest BCUT2D eigenvalue weighted by atomic mass is 35.5. The summed E-state index contributed by atoms with van der Waals surface area (Å²) in [5.41, 5.74) is 5.20. The molecule has 0 aliphatic carbocycles. The summed E-state index contributed by atoms with van der Waals surface area (Å²) in [5, 5.41) is 12.0. The Morgan fingerprint density at radius 2 is 1.91 bits per heavy atom. The molecule has 0 saturated carbocycles. The number of hydrogen-bond donors (Lipinski definition) is 2. The lowest BCUT2D eigenvalue weighted by atomic mass is 10.0. The van der Waals surface area contributed by atoms with Gasteiger partial charge in [-0.2, -0.15) is 5.10 Å². The fourth-order valence-corrected chi connectivity index (χ4v) is 3.91. The molecule has 0 aliphatic heterocycles. The Balaban J connectivity index is 1.45. The summed E-state index contributed by atoms with van der Waals surface area (Å²) in [6.07, 6.45) is 4.85. The van der Waals surface area contributed by atoms with Gasteiger partial charge in [-0.3, -0.25) is 9.48 Å². The maximum absolute atomic E-state index is 12.1. The lowest BCUT2D eigenvalue weighted by Gasteiger charge is -2.12. The largest absolute Gasteiger partial charge is 0.495 e. The average molecular weight is 465 g/mol. The third-order valence-electron chi connectivity index (χ3n) is 5.60. The number of nitrogens with one attached hydrogen (secondary N) is 2. The number of amides is 1. The molecule has 4 aromatic rings. The molecule has 2 heterocycles. The number of methoxy groups -OCH3 is 1. The number of carbonyl (C=O) groups excluding carboxylic acids is 1. The Kier molecular flexibility index (Phi) is 6.46. The first-order valence-corrected chi connectivity index (χ1v) is 10.9. The molecule has 8 nitrogen and oxygen atoms in total. The van der Waals surface area contributed by atoms with Crippen molar-refractivity contribution in [2.24, 2.45) is 7.05 Å². The van der Waals surface area contributed by atoms with Gasteiger partial charge in [0.15, 0.2) is 0 Å². The maximum atomic E-state index is 12.1. The van der Waals surface area contributed by atoms with Gasteiger partial charge in [-0.05, 0) is 61.2 Å². The summed E-state index contributed by atoms with van der Waals surface area (Å²) < 4.78 is 7.20. The van der Waals surface area contributed by atoms with Gasteiger partial charge >= 0.3 is 0 Å². The van der Waals surface area contributed by atoms with Crippen molar-refractivity contribution >= 4 is 40.0 Å². The van der Waals surface area contributed by atoms with E-state index in [4.69, 9.17) is 16.3 Å². The third kappa shape index (κ3) is 4.75. The van der Waals surface area contributed by atoms with Crippen LogP contribution in [0.15, 0.2) is 42.7 Å². The first kappa shape index (κ1) is 22.5. The Bertz CT molecular complexity index is 1320. The van der Waals surface area contributed by atoms with Crippen LogP contribution in [0.2, 0.25) is 5.02 Å². The van der Waals surface area contributed by atoms with Crippen LogP contribution < -0.4 is 15.4 Å². The van der Waals surface area contributed by atoms with E-state index >= 15 is 0 Å². The quantitative estimate of drug-likeness (QED) is 0.425.